The van der Waals surface area contributed by atoms with Crippen molar-refractivity contribution in [2.24, 2.45) is 5.73 Å². The summed E-state index contributed by atoms with van der Waals surface area (Å²) in [4.78, 5) is 16.1. The van der Waals surface area contributed by atoms with Crippen LogP contribution in [-0.4, -0.2) is 42.5 Å². The first-order valence-electron chi connectivity index (χ1n) is 12.9. The molecule has 0 bridgehead atoms. The molecular formula is C28H32F3N7OS. The first-order chi connectivity index (χ1) is 18.8. The van der Waals surface area contributed by atoms with Gasteiger partial charge in [-0.2, -0.15) is 18.4 Å². The summed E-state index contributed by atoms with van der Waals surface area (Å²) in [5, 5.41) is 17.5. The third kappa shape index (κ3) is 6.32. The summed E-state index contributed by atoms with van der Waals surface area (Å²) < 4.78 is 42.2. The second-order valence-corrected chi connectivity index (χ2v) is 10.1. The summed E-state index contributed by atoms with van der Waals surface area (Å²) in [7, 11) is 0. The Balaban J connectivity index is 0.00000216. The molecule has 1 aromatic heterocycles. The van der Waals surface area contributed by atoms with Crippen molar-refractivity contribution in [3.05, 3.63) is 71.0 Å². The van der Waals surface area contributed by atoms with Crippen LogP contribution in [0.15, 0.2) is 48.7 Å². The lowest BCUT2D eigenvalue weighted by atomic mass is 10.0. The van der Waals surface area contributed by atoms with Crippen molar-refractivity contribution < 1.29 is 18.0 Å². The van der Waals surface area contributed by atoms with Crippen LogP contribution in [0.3, 0.4) is 0 Å². The van der Waals surface area contributed by atoms with E-state index in [9.17, 15) is 18.0 Å². The van der Waals surface area contributed by atoms with Gasteiger partial charge in [-0.3, -0.25) is 9.69 Å². The minimum atomic E-state index is -4.75. The smallest absolute Gasteiger partial charge is 0.330 e. The van der Waals surface area contributed by atoms with E-state index in [0.717, 1.165) is 46.8 Å². The number of hydrogen-bond donors (Lipinski definition) is 1. The lowest BCUT2D eigenvalue weighted by molar-refractivity contribution is -0.137. The molecule has 1 unspecified atom stereocenters. The first-order valence-corrected chi connectivity index (χ1v) is 13.3. The maximum atomic E-state index is 13.5. The Morgan fingerprint density at radius 2 is 1.75 bits per heavy atom. The molecule has 0 aliphatic carbocycles. The zero-order valence-electron chi connectivity index (χ0n) is 23.0. The first kappa shape index (κ1) is 30.7. The normalized spacial score (nSPS) is 15.5. The number of thiocarbonyl (C=S) groups is 1. The zero-order valence-corrected chi connectivity index (χ0v) is 23.8. The SMILES string of the molecule is CC.CC(N)CCc1cn(-c2ccc(CN3C(=S)N(c4ccc(C#N)c(C(F)(F)F)c4)C(=O)C3(C)C)cc2)nn1. The molecular weight excluding hydrogens is 539 g/mol. The van der Waals surface area contributed by atoms with Gasteiger partial charge in [0.05, 0.1) is 40.5 Å². The van der Waals surface area contributed by atoms with Crippen molar-refractivity contribution in [1.82, 2.24) is 19.9 Å². The number of alkyl halides is 3. The number of aromatic nitrogens is 3. The molecule has 2 aromatic carbocycles. The monoisotopic (exact) mass is 571 g/mol. The summed E-state index contributed by atoms with van der Waals surface area (Å²) in [6.07, 6.45) is -1.38. The summed E-state index contributed by atoms with van der Waals surface area (Å²) in [6, 6.07) is 12.2. The van der Waals surface area contributed by atoms with Gasteiger partial charge in [0.25, 0.3) is 5.91 Å². The number of carbonyl (C=O) groups excluding carboxylic acids is 1. The third-order valence-corrected chi connectivity index (χ3v) is 6.85. The van der Waals surface area contributed by atoms with Crippen LogP contribution in [0.25, 0.3) is 5.69 Å². The number of nitrogens with two attached hydrogens (primary N) is 1. The average Bonchev–Trinajstić information content (AvgIpc) is 3.46. The highest BCUT2D eigenvalue weighted by molar-refractivity contribution is 7.80. The van der Waals surface area contributed by atoms with Gasteiger partial charge < -0.3 is 10.6 Å². The van der Waals surface area contributed by atoms with E-state index in [2.05, 4.69) is 10.3 Å². The number of rotatable bonds is 7. The summed E-state index contributed by atoms with van der Waals surface area (Å²) in [5.74, 6) is -0.459. The van der Waals surface area contributed by atoms with E-state index in [1.807, 2.05) is 51.2 Å². The second-order valence-electron chi connectivity index (χ2n) is 9.74. The molecule has 0 spiro atoms. The number of nitrogens with zero attached hydrogens (tertiary/aromatic N) is 6. The average molecular weight is 572 g/mol. The highest BCUT2D eigenvalue weighted by atomic mass is 32.1. The molecule has 4 rings (SSSR count). The quantitative estimate of drug-likeness (QED) is 0.380. The maximum Gasteiger partial charge on any atom is 0.417 e. The number of aryl methyl sites for hydroxylation is 1. The van der Waals surface area contributed by atoms with Crippen molar-refractivity contribution in [2.45, 2.75) is 71.8 Å². The van der Waals surface area contributed by atoms with Gasteiger partial charge >= 0.3 is 6.18 Å². The van der Waals surface area contributed by atoms with Crippen LogP contribution >= 0.6 is 12.2 Å². The van der Waals surface area contributed by atoms with Crippen molar-refractivity contribution >= 4 is 28.9 Å². The van der Waals surface area contributed by atoms with Crippen molar-refractivity contribution in [2.75, 3.05) is 4.90 Å². The van der Waals surface area contributed by atoms with Gasteiger partial charge in [0.2, 0.25) is 0 Å². The number of anilines is 1. The predicted octanol–water partition coefficient (Wildman–Crippen LogP) is 5.38. The predicted molar refractivity (Wildman–Crippen MR) is 151 cm³/mol. The van der Waals surface area contributed by atoms with Crippen LogP contribution in [0.5, 0.6) is 0 Å². The Kier molecular flexibility index (Phi) is 9.32. The van der Waals surface area contributed by atoms with Gasteiger partial charge in [-0.25, -0.2) is 4.68 Å². The molecule has 2 N–H and O–H groups in total. The van der Waals surface area contributed by atoms with Crippen LogP contribution in [0, 0.1) is 11.3 Å². The summed E-state index contributed by atoms with van der Waals surface area (Å²) in [6.45, 7) is 9.54. The molecule has 1 amide bonds. The zero-order chi connectivity index (χ0) is 29.8. The van der Waals surface area contributed by atoms with Gasteiger partial charge in [0.1, 0.15) is 5.54 Å². The minimum absolute atomic E-state index is 0.0386. The molecule has 0 saturated carbocycles. The number of halogens is 3. The highest BCUT2D eigenvalue weighted by Crippen LogP contribution is 2.38. The molecule has 12 heteroatoms. The lowest BCUT2D eigenvalue weighted by Crippen LogP contribution is -2.43. The standard InChI is InChI=1S/C26H26F3N7OS.C2H6/c1-16(31)4-8-19-15-35(33-32-19)20-9-5-17(6-10-20)14-34-24(38)36(23(37)25(34,2)3)21-11-7-18(13-30)22(12-21)26(27,28)29;1-2/h5-7,9-12,15-16H,4,8,14,31H2,1-3H3;1-2H3. The lowest BCUT2D eigenvalue weighted by Gasteiger charge is -2.29. The fraction of sp³-hybridized carbons (Fsp3) is 0.393. The van der Waals surface area contributed by atoms with Gasteiger partial charge in [0.15, 0.2) is 5.11 Å². The van der Waals surface area contributed by atoms with E-state index in [0.29, 0.717) is 0 Å². The molecule has 212 valence electrons. The Hall–Kier alpha value is -3.82. The molecule has 2 heterocycles. The van der Waals surface area contributed by atoms with Crippen LogP contribution in [-0.2, 0) is 23.9 Å². The van der Waals surface area contributed by atoms with Crippen molar-refractivity contribution in [1.29, 1.82) is 5.26 Å². The molecule has 3 aromatic rings. The summed E-state index contributed by atoms with van der Waals surface area (Å²) >= 11 is 5.57. The van der Waals surface area contributed by atoms with E-state index in [1.54, 1.807) is 29.5 Å². The maximum absolute atomic E-state index is 13.5. The number of carbonyl (C=O) groups is 1. The van der Waals surface area contributed by atoms with E-state index < -0.39 is 28.7 Å². The van der Waals surface area contributed by atoms with E-state index >= 15 is 0 Å². The minimum Gasteiger partial charge on any atom is -0.330 e. The molecule has 0 radical (unpaired) electrons. The van der Waals surface area contributed by atoms with E-state index in [4.69, 9.17) is 23.2 Å². The third-order valence-electron chi connectivity index (χ3n) is 6.45. The van der Waals surface area contributed by atoms with Crippen LogP contribution < -0.4 is 10.6 Å². The van der Waals surface area contributed by atoms with Crippen LogP contribution in [0.1, 0.15) is 63.4 Å². The largest absolute Gasteiger partial charge is 0.417 e. The summed E-state index contributed by atoms with van der Waals surface area (Å²) in [5.41, 5.74) is 5.50. The Labute approximate surface area is 237 Å². The Bertz CT molecular complexity index is 1410. The van der Waals surface area contributed by atoms with Gasteiger partial charge in [-0.05, 0) is 81.7 Å². The van der Waals surface area contributed by atoms with E-state index in [-0.39, 0.29) is 23.4 Å². The fourth-order valence-electron chi connectivity index (χ4n) is 4.18. The number of nitriles is 1. The Morgan fingerprint density at radius 1 is 1.12 bits per heavy atom. The molecule has 1 aliphatic rings. The fourth-order valence-corrected chi connectivity index (χ4v) is 4.66. The molecule has 1 atom stereocenters. The highest BCUT2D eigenvalue weighted by Gasteiger charge is 2.49. The molecule has 1 saturated heterocycles. The van der Waals surface area contributed by atoms with Gasteiger partial charge in [-0.1, -0.05) is 31.2 Å². The van der Waals surface area contributed by atoms with Crippen LogP contribution in [0.2, 0.25) is 0 Å². The molecule has 40 heavy (non-hydrogen) atoms. The second kappa shape index (κ2) is 12.1. The number of amides is 1. The number of hydrogen-bond acceptors (Lipinski definition) is 6. The van der Waals surface area contributed by atoms with E-state index in [1.165, 1.54) is 6.07 Å². The Morgan fingerprint density at radius 3 is 2.33 bits per heavy atom. The van der Waals surface area contributed by atoms with Crippen molar-refractivity contribution in [3.63, 3.8) is 0 Å². The van der Waals surface area contributed by atoms with Crippen LogP contribution in [0.4, 0.5) is 18.9 Å². The number of benzene rings is 2. The molecule has 8 nitrogen and oxygen atoms in total. The van der Waals surface area contributed by atoms with Gasteiger partial charge in [0, 0.05) is 12.6 Å². The molecule has 1 fully saturated rings. The molecule has 1 aliphatic heterocycles. The van der Waals surface area contributed by atoms with Gasteiger partial charge in [-0.15, -0.1) is 5.10 Å². The van der Waals surface area contributed by atoms with Crippen molar-refractivity contribution in [3.8, 4) is 11.8 Å². The topological polar surface area (TPSA) is 104 Å².